The maximum absolute atomic E-state index is 9.09. The van der Waals surface area contributed by atoms with E-state index in [0.29, 0.717) is 6.54 Å². The summed E-state index contributed by atoms with van der Waals surface area (Å²) in [6.07, 6.45) is -0.304. The number of aliphatic hydroxyl groups is 1. The quantitative estimate of drug-likeness (QED) is 0.577. The number of aliphatic hydroxyl groups excluding tert-OH is 1. The van der Waals surface area contributed by atoms with Gasteiger partial charge in [0.15, 0.2) is 0 Å². The van der Waals surface area contributed by atoms with Crippen molar-refractivity contribution >= 4 is 0 Å². The number of rotatable bonds is 9. The second kappa shape index (κ2) is 8.74. The van der Waals surface area contributed by atoms with Crippen molar-refractivity contribution < 1.29 is 14.6 Å². The smallest absolute Gasteiger partial charge is 0.127 e. The maximum Gasteiger partial charge on any atom is 0.127 e. The van der Waals surface area contributed by atoms with Gasteiger partial charge in [0.1, 0.15) is 11.5 Å². The third-order valence-electron chi connectivity index (χ3n) is 2.73. The largest absolute Gasteiger partial charge is 0.497 e. The maximum atomic E-state index is 9.09. The van der Waals surface area contributed by atoms with Gasteiger partial charge in [0.25, 0.3) is 0 Å². The Morgan fingerprint density at radius 3 is 2.53 bits per heavy atom. The zero-order valence-electron chi connectivity index (χ0n) is 11.9. The van der Waals surface area contributed by atoms with E-state index in [1.54, 1.807) is 21.1 Å². The number of hydrogen-bond acceptors (Lipinski definition) is 5. The van der Waals surface area contributed by atoms with E-state index in [1.807, 2.05) is 18.2 Å². The normalized spacial score (nSPS) is 12.2. The lowest BCUT2D eigenvalue weighted by atomic mass is 10.2. The summed E-state index contributed by atoms with van der Waals surface area (Å²) >= 11 is 0. The molecule has 108 valence electrons. The summed E-state index contributed by atoms with van der Waals surface area (Å²) in [5.41, 5.74) is 1.10. The van der Waals surface area contributed by atoms with Crippen LogP contribution in [0.15, 0.2) is 18.2 Å². The minimum absolute atomic E-state index is 0.304. The van der Waals surface area contributed by atoms with Crippen LogP contribution in [0.5, 0.6) is 11.5 Å². The topological polar surface area (TPSA) is 62.8 Å². The van der Waals surface area contributed by atoms with Crippen molar-refractivity contribution in [3.8, 4) is 11.5 Å². The molecule has 0 saturated heterocycles. The first-order valence-electron chi connectivity index (χ1n) is 6.47. The Labute approximate surface area is 114 Å². The van der Waals surface area contributed by atoms with E-state index in [1.165, 1.54) is 0 Å². The SMILES string of the molecule is COc1ccc(CNCCNCC(C)O)c(OC)c1. The molecule has 3 N–H and O–H groups in total. The molecule has 0 aromatic heterocycles. The van der Waals surface area contributed by atoms with Crippen LogP contribution in [0.2, 0.25) is 0 Å². The molecular weight excluding hydrogens is 244 g/mol. The van der Waals surface area contributed by atoms with Gasteiger partial charge < -0.3 is 25.2 Å². The predicted octanol–water partition coefficient (Wildman–Crippen LogP) is 0.764. The molecule has 0 bridgehead atoms. The summed E-state index contributed by atoms with van der Waals surface area (Å²) in [4.78, 5) is 0. The van der Waals surface area contributed by atoms with Crippen LogP contribution in [0.25, 0.3) is 0 Å². The Balaban J connectivity index is 2.32. The third-order valence-corrected chi connectivity index (χ3v) is 2.73. The van der Waals surface area contributed by atoms with E-state index in [-0.39, 0.29) is 6.10 Å². The lowest BCUT2D eigenvalue weighted by Gasteiger charge is -2.12. The van der Waals surface area contributed by atoms with E-state index in [4.69, 9.17) is 14.6 Å². The molecule has 1 unspecified atom stereocenters. The standard InChI is InChI=1S/C14H24N2O3/c1-11(17)9-15-6-7-16-10-12-4-5-13(18-2)8-14(12)19-3/h4-5,8,11,15-17H,6-7,9-10H2,1-3H3. The third kappa shape index (κ3) is 5.92. The average molecular weight is 268 g/mol. The van der Waals surface area contributed by atoms with E-state index >= 15 is 0 Å². The Kier molecular flexibility index (Phi) is 7.25. The van der Waals surface area contributed by atoms with Crippen LogP contribution in [0.1, 0.15) is 12.5 Å². The molecule has 1 rings (SSSR count). The summed E-state index contributed by atoms with van der Waals surface area (Å²) in [5.74, 6) is 1.61. The second-order valence-electron chi connectivity index (χ2n) is 4.41. The van der Waals surface area contributed by atoms with E-state index < -0.39 is 0 Å². The fraction of sp³-hybridized carbons (Fsp3) is 0.571. The molecule has 19 heavy (non-hydrogen) atoms. The van der Waals surface area contributed by atoms with Gasteiger partial charge in [-0.15, -0.1) is 0 Å². The van der Waals surface area contributed by atoms with Crippen LogP contribution in [-0.2, 0) is 6.54 Å². The second-order valence-corrected chi connectivity index (χ2v) is 4.41. The molecule has 0 radical (unpaired) electrons. The molecule has 0 amide bonds. The highest BCUT2D eigenvalue weighted by atomic mass is 16.5. The molecule has 0 heterocycles. The predicted molar refractivity (Wildman–Crippen MR) is 75.8 cm³/mol. The number of ether oxygens (including phenoxy) is 2. The van der Waals surface area contributed by atoms with Crippen LogP contribution < -0.4 is 20.1 Å². The Hall–Kier alpha value is -1.30. The molecule has 1 atom stereocenters. The van der Waals surface area contributed by atoms with Crippen molar-refractivity contribution in [3.05, 3.63) is 23.8 Å². The molecule has 0 aliphatic rings. The van der Waals surface area contributed by atoms with Gasteiger partial charge in [0.2, 0.25) is 0 Å². The first-order chi connectivity index (χ1) is 9.17. The van der Waals surface area contributed by atoms with Crippen LogP contribution in [0.3, 0.4) is 0 Å². The Morgan fingerprint density at radius 1 is 1.16 bits per heavy atom. The van der Waals surface area contributed by atoms with Gasteiger partial charge in [-0.05, 0) is 13.0 Å². The minimum Gasteiger partial charge on any atom is -0.497 e. The Morgan fingerprint density at radius 2 is 1.89 bits per heavy atom. The molecule has 0 aliphatic heterocycles. The number of methoxy groups -OCH3 is 2. The van der Waals surface area contributed by atoms with E-state index in [0.717, 1.165) is 36.7 Å². The fourth-order valence-corrected chi connectivity index (χ4v) is 1.71. The lowest BCUT2D eigenvalue weighted by Crippen LogP contribution is -2.31. The monoisotopic (exact) mass is 268 g/mol. The highest BCUT2D eigenvalue weighted by molar-refractivity contribution is 5.40. The number of nitrogens with one attached hydrogen (secondary N) is 2. The number of hydrogen-bond donors (Lipinski definition) is 3. The van der Waals surface area contributed by atoms with E-state index in [9.17, 15) is 0 Å². The van der Waals surface area contributed by atoms with Crippen LogP contribution in [0.4, 0.5) is 0 Å². The van der Waals surface area contributed by atoms with Crippen LogP contribution >= 0.6 is 0 Å². The first kappa shape index (κ1) is 15.8. The van der Waals surface area contributed by atoms with Gasteiger partial charge in [0, 0.05) is 37.8 Å². The van der Waals surface area contributed by atoms with Gasteiger partial charge in [-0.3, -0.25) is 0 Å². The summed E-state index contributed by atoms with van der Waals surface area (Å²) in [6, 6.07) is 5.79. The van der Waals surface area contributed by atoms with Crippen molar-refractivity contribution in [1.29, 1.82) is 0 Å². The van der Waals surface area contributed by atoms with Gasteiger partial charge in [-0.1, -0.05) is 6.07 Å². The fourth-order valence-electron chi connectivity index (χ4n) is 1.71. The van der Waals surface area contributed by atoms with Crippen LogP contribution in [0, 0.1) is 0 Å². The van der Waals surface area contributed by atoms with Gasteiger partial charge in [0.05, 0.1) is 20.3 Å². The van der Waals surface area contributed by atoms with Crippen molar-refractivity contribution in [3.63, 3.8) is 0 Å². The van der Waals surface area contributed by atoms with Crippen molar-refractivity contribution in [1.82, 2.24) is 10.6 Å². The molecule has 0 fully saturated rings. The van der Waals surface area contributed by atoms with Crippen molar-refractivity contribution in [2.75, 3.05) is 33.9 Å². The van der Waals surface area contributed by atoms with Gasteiger partial charge in [-0.2, -0.15) is 0 Å². The zero-order chi connectivity index (χ0) is 14.1. The molecule has 0 aliphatic carbocycles. The molecule has 5 heteroatoms. The summed E-state index contributed by atoms with van der Waals surface area (Å²) in [5, 5.41) is 15.6. The lowest BCUT2D eigenvalue weighted by molar-refractivity contribution is 0.191. The van der Waals surface area contributed by atoms with Crippen molar-refractivity contribution in [2.45, 2.75) is 19.6 Å². The van der Waals surface area contributed by atoms with Crippen LogP contribution in [-0.4, -0.2) is 45.1 Å². The summed E-state index contributed by atoms with van der Waals surface area (Å²) < 4.78 is 10.5. The zero-order valence-corrected chi connectivity index (χ0v) is 11.9. The summed E-state index contributed by atoms with van der Waals surface area (Å²) in [7, 11) is 3.29. The summed E-state index contributed by atoms with van der Waals surface area (Å²) in [6.45, 7) is 4.78. The molecule has 0 spiro atoms. The van der Waals surface area contributed by atoms with Crippen molar-refractivity contribution in [2.24, 2.45) is 0 Å². The highest BCUT2D eigenvalue weighted by Crippen LogP contribution is 2.24. The minimum atomic E-state index is -0.304. The molecular formula is C14H24N2O3. The molecule has 0 saturated carbocycles. The molecule has 1 aromatic rings. The molecule has 1 aromatic carbocycles. The highest BCUT2D eigenvalue weighted by Gasteiger charge is 2.04. The first-order valence-corrected chi connectivity index (χ1v) is 6.47. The van der Waals surface area contributed by atoms with E-state index in [2.05, 4.69) is 10.6 Å². The Bertz CT molecular complexity index is 370. The number of benzene rings is 1. The average Bonchev–Trinajstić information content (AvgIpc) is 2.42. The molecule has 5 nitrogen and oxygen atoms in total. The van der Waals surface area contributed by atoms with Gasteiger partial charge in [-0.25, -0.2) is 0 Å². The van der Waals surface area contributed by atoms with Gasteiger partial charge >= 0.3 is 0 Å².